The molecule has 0 saturated carbocycles. The van der Waals surface area contributed by atoms with E-state index in [2.05, 4.69) is 9.73 Å². The van der Waals surface area contributed by atoms with Crippen LogP contribution >= 0.6 is 0 Å². The van der Waals surface area contributed by atoms with Gasteiger partial charge in [0.15, 0.2) is 0 Å². The lowest BCUT2D eigenvalue weighted by Gasteiger charge is -2.05. The number of aliphatic imine (C=N–C) groups is 1. The van der Waals surface area contributed by atoms with E-state index in [1.807, 2.05) is 0 Å². The lowest BCUT2D eigenvalue weighted by atomic mass is 10.1. The molecule has 4 nitrogen and oxygen atoms in total. The SMILES string of the molecule is COC(=O)c1cc(N)c2c(c1)N=CC2. The number of fused-ring (bicyclic) bond motifs is 1. The number of nitrogen functional groups attached to an aromatic ring is 1. The number of hydrogen-bond donors (Lipinski definition) is 1. The van der Waals surface area contributed by atoms with E-state index in [-0.39, 0.29) is 5.97 Å². The molecule has 0 aliphatic carbocycles. The van der Waals surface area contributed by atoms with E-state index >= 15 is 0 Å². The number of nitrogens with two attached hydrogens (primary N) is 1. The topological polar surface area (TPSA) is 64.7 Å². The molecule has 0 amide bonds. The molecule has 0 atom stereocenters. The van der Waals surface area contributed by atoms with E-state index in [0.717, 1.165) is 17.7 Å². The van der Waals surface area contributed by atoms with Crippen LogP contribution in [0.1, 0.15) is 15.9 Å². The van der Waals surface area contributed by atoms with Crippen molar-refractivity contribution in [2.45, 2.75) is 6.42 Å². The van der Waals surface area contributed by atoms with Gasteiger partial charge in [-0.15, -0.1) is 0 Å². The molecule has 0 fully saturated rings. The van der Waals surface area contributed by atoms with Crippen LogP contribution in [-0.2, 0) is 11.2 Å². The van der Waals surface area contributed by atoms with E-state index in [1.54, 1.807) is 18.3 Å². The van der Waals surface area contributed by atoms with Crippen LogP contribution in [0.4, 0.5) is 11.4 Å². The lowest BCUT2D eigenvalue weighted by molar-refractivity contribution is 0.0601. The fourth-order valence-electron chi connectivity index (χ4n) is 1.49. The summed E-state index contributed by atoms with van der Waals surface area (Å²) in [5.41, 5.74) is 8.57. The molecule has 0 unspecified atom stereocenters. The summed E-state index contributed by atoms with van der Waals surface area (Å²) in [4.78, 5) is 15.4. The third-order valence-electron chi connectivity index (χ3n) is 2.21. The van der Waals surface area contributed by atoms with Crippen molar-refractivity contribution in [3.63, 3.8) is 0 Å². The van der Waals surface area contributed by atoms with Gasteiger partial charge in [-0.25, -0.2) is 4.79 Å². The van der Waals surface area contributed by atoms with Gasteiger partial charge in [0.25, 0.3) is 0 Å². The molecule has 0 aromatic heterocycles. The van der Waals surface area contributed by atoms with Gasteiger partial charge in [-0.2, -0.15) is 0 Å². The Morgan fingerprint density at radius 1 is 1.57 bits per heavy atom. The van der Waals surface area contributed by atoms with Crippen LogP contribution in [-0.4, -0.2) is 19.3 Å². The molecule has 0 bridgehead atoms. The Morgan fingerprint density at radius 2 is 2.36 bits per heavy atom. The minimum absolute atomic E-state index is 0.387. The van der Waals surface area contributed by atoms with E-state index in [1.165, 1.54) is 7.11 Å². The van der Waals surface area contributed by atoms with Crippen LogP contribution in [0.15, 0.2) is 17.1 Å². The average molecular weight is 190 g/mol. The molecular formula is C10H10N2O2. The minimum Gasteiger partial charge on any atom is -0.465 e. The molecule has 14 heavy (non-hydrogen) atoms. The smallest absolute Gasteiger partial charge is 0.337 e. The van der Waals surface area contributed by atoms with Crippen molar-refractivity contribution in [2.75, 3.05) is 12.8 Å². The monoisotopic (exact) mass is 190 g/mol. The molecule has 1 aromatic carbocycles. The molecule has 1 heterocycles. The van der Waals surface area contributed by atoms with Gasteiger partial charge in [-0.3, -0.25) is 4.99 Å². The molecule has 1 aliphatic heterocycles. The molecule has 2 rings (SSSR count). The number of nitrogens with zero attached hydrogens (tertiary/aromatic N) is 1. The first-order chi connectivity index (χ1) is 6.72. The lowest BCUT2D eigenvalue weighted by Crippen LogP contribution is -2.03. The maximum atomic E-state index is 11.2. The summed E-state index contributed by atoms with van der Waals surface area (Å²) in [5, 5.41) is 0. The molecule has 0 radical (unpaired) electrons. The third kappa shape index (κ3) is 1.25. The second-order valence-electron chi connectivity index (χ2n) is 3.07. The van der Waals surface area contributed by atoms with Gasteiger partial charge in [-0.05, 0) is 12.1 Å². The molecular weight excluding hydrogens is 180 g/mol. The van der Waals surface area contributed by atoms with Crippen molar-refractivity contribution < 1.29 is 9.53 Å². The van der Waals surface area contributed by atoms with Crippen LogP contribution in [0.3, 0.4) is 0 Å². The summed E-state index contributed by atoms with van der Waals surface area (Å²) in [6, 6.07) is 3.32. The van der Waals surface area contributed by atoms with Crippen molar-refractivity contribution in [1.29, 1.82) is 0 Å². The van der Waals surface area contributed by atoms with Gasteiger partial charge >= 0.3 is 5.97 Å². The average Bonchev–Trinajstić information content (AvgIpc) is 2.64. The molecule has 0 saturated heterocycles. The van der Waals surface area contributed by atoms with Crippen molar-refractivity contribution in [2.24, 2.45) is 4.99 Å². The summed E-state index contributed by atoms with van der Waals surface area (Å²) >= 11 is 0. The molecule has 72 valence electrons. The van der Waals surface area contributed by atoms with Gasteiger partial charge in [0.1, 0.15) is 0 Å². The predicted octanol–water partition coefficient (Wildman–Crippen LogP) is 1.31. The highest BCUT2D eigenvalue weighted by molar-refractivity contribution is 5.94. The number of esters is 1. The van der Waals surface area contributed by atoms with Crippen LogP contribution in [0.2, 0.25) is 0 Å². The Bertz CT molecular complexity index is 424. The highest BCUT2D eigenvalue weighted by Crippen LogP contribution is 2.30. The standard InChI is InChI=1S/C10H10N2O2/c1-14-10(13)6-4-8(11)7-2-3-12-9(7)5-6/h3-5H,2,11H2,1H3. The first-order valence-electron chi connectivity index (χ1n) is 4.25. The van der Waals surface area contributed by atoms with Crippen LogP contribution in [0.5, 0.6) is 0 Å². The maximum Gasteiger partial charge on any atom is 0.337 e. The number of hydrogen-bond acceptors (Lipinski definition) is 4. The van der Waals surface area contributed by atoms with Crippen LogP contribution in [0.25, 0.3) is 0 Å². The number of ether oxygens (including phenoxy) is 1. The summed E-state index contributed by atoms with van der Waals surface area (Å²) in [6.45, 7) is 0. The Morgan fingerprint density at radius 3 is 3.07 bits per heavy atom. The van der Waals surface area contributed by atoms with Gasteiger partial charge in [0, 0.05) is 23.9 Å². The number of methoxy groups -OCH3 is 1. The number of carbonyl (C=O) groups excluding carboxylic acids is 1. The zero-order valence-corrected chi connectivity index (χ0v) is 7.78. The summed E-state index contributed by atoms with van der Waals surface area (Å²) in [6.07, 6.45) is 2.52. The number of rotatable bonds is 1. The zero-order chi connectivity index (χ0) is 10.1. The first kappa shape index (κ1) is 8.74. The van der Waals surface area contributed by atoms with E-state index < -0.39 is 0 Å². The van der Waals surface area contributed by atoms with Crippen LogP contribution in [0, 0.1) is 0 Å². The van der Waals surface area contributed by atoms with Crippen molar-refractivity contribution in [3.05, 3.63) is 23.3 Å². The fourth-order valence-corrected chi connectivity index (χ4v) is 1.49. The van der Waals surface area contributed by atoms with E-state index in [0.29, 0.717) is 11.3 Å². The van der Waals surface area contributed by atoms with E-state index in [9.17, 15) is 4.79 Å². The zero-order valence-electron chi connectivity index (χ0n) is 7.78. The van der Waals surface area contributed by atoms with E-state index in [4.69, 9.17) is 5.73 Å². The normalized spacial score (nSPS) is 12.6. The number of benzene rings is 1. The van der Waals surface area contributed by atoms with Crippen LogP contribution < -0.4 is 5.73 Å². The summed E-state index contributed by atoms with van der Waals surface area (Å²) in [5.74, 6) is -0.387. The third-order valence-corrected chi connectivity index (χ3v) is 2.21. The largest absolute Gasteiger partial charge is 0.465 e. The van der Waals surface area contributed by atoms with Gasteiger partial charge < -0.3 is 10.5 Å². The second-order valence-corrected chi connectivity index (χ2v) is 3.07. The van der Waals surface area contributed by atoms with Crippen molar-refractivity contribution in [3.8, 4) is 0 Å². The number of anilines is 1. The predicted molar refractivity (Wildman–Crippen MR) is 54.0 cm³/mol. The van der Waals surface area contributed by atoms with Gasteiger partial charge in [-0.1, -0.05) is 0 Å². The maximum absolute atomic E-state index is 11.2. The van der Waals surface area contributed by atoms with Gasteiger partial charge in [0.2, 0.25) is 0 Å². The Hall–Kier alpha value is -1.84. The fraction of sp³-hybridized carbons (Fsp3) is 0.200. The second kappa shape index (κ2) is 3.14. The molecule has 1 aromatic rings. The highest BCUT2D eigenvalue weighted by atomic mass is 16.5. The molecule has 2 N–H and O–H groups in total. The van der Waals surface area contributed by atoms with Crippen molar-refractivity contribution >= 4 is 23.6 Å². The molecule has 0 spiro atoms. The Labute approximate surface area is 81.4 Å². The summed E-state index contributed by atoms with van der Waals surface area (Å²) < 4.78 is 4.60. The first-order valence-corrected chi connectivity index (χ1v) is 4.25. The Balaban J connectivity index is 2.51. The quantitative estimate of drug-likeness (QED) is 0.536. The molecule has 4 heteroatoms. The Kier molecular flexibility index (Phi) is 1.96. The van der Waals surface area contributed by atoms with Gasteiger partial charge in [0.05, 0.1) is 18.4 Å². The number of carbonyl (C=O) groups is 1. The minimum atomic E-state index is -0.387. The molecule has 1 aliphatic rings. The highest BCUT2D eigenvalue weighted by Gasteiger charge is 2.15. The summed E-state index contributed by atoms with van der Waals surface area (Å²) in [7, 11) is 1.34. The van der Waals surface area contributed by atoms with Crippen molar-refractivity contribution in [1.82, 2.24) is 0 Å².